The standard InChI is InChI=1S/C73H50N4O/c1-72(2)58-25-10-5-17-49(58)55-40-57-51-19-8-13-28-62(51)76(65(57)41-60(55)72)46-35-33-45(34-36-46)75-61-27-12-7-18-50(61)56-39-43(31-37-63(56)75)47-22-16-29-64-68(47)69-70(54-21-6-11-26-59(54)73(69,3)4)77(64)67-38-32-44(42-74-67)48-23-15-24-53-52-20-9-14-30-66(52)78-71(48)53/h5-42H,1-4H3. The molecule has 10 aromatic carbocycles. The lowest BCUT2D eigenvalue weighted by atomic mass is 9.80. The lowest BCUT2D eigenvalue weighted by Gasteiger charge is -2.22. The van der Waals surface area contributed by atoms with E-state index >= 15 is 0 Å². The summed E-state index contributed by atoms with van der Waals surface area (Å²) in [5.41, 5.74) is 24.6. The summed E-state index contributed by atoms with van der Waals surface area (Å²) >= 11 is 0. The van der Waals surface area contributed by atoms with E-state index in [-0.39, 0.29) is 10.8 Å². The van der Waals surface area contributed by atoms with Gasteiger partial charge in [0, 0.05) is 82.8 Å². The average molecular weight is 999 g/mol. The van der Waals surface area contributed by atoms with Gasteiger partial charge < -0.3 is 13.6 Å². The molecule has 2 aliphatic rings. The average Bonchev–Trinajstić information content (AvgIpc) is 3.80. The van der Waals surface area contributed by atoms with Gasteiger partial charge in [0.2, 0.25) is 0 Å². The van der Waals surface area contributed by atoms with Crippen LogP contribution in [0.5, 0.6) is 0 Å². The number of rotatable bonds is 5. The lowest BCUT2D eigenvalue weighted by Crippen LogP contribution is -2.15. The zero-order valence-corrected chi connectivity index (χ0v) is 43.6. The van der Waals surface area contributed by atoms with Gasteiger partial charge in [-0.2, -0.15) is 0 Å². The minimum atomic E-state index is -0.267. The predicted molar refractivity (Wildman–Crippen MR) is 323 cm³/mol. The van der Waals surface area contributed by atoms with Crippen LogP contribution in [-0.4, -0.2) is 18.7 Å². The van der Waals surface area contributed by atoms with E-state index in [9.17, 15) is 0 Å². The summed E-state index contributed by atoms with van der Waals surface area (Å²) in [5.74, 6) is 0.882. The Kier molecular flexibility index (Phi) is 8.63. The topological polar surface area (TPSA) is 40.8 Å². The van der Waals surface area contributed by atoms with Crippen molar-refractivity contribution in [2.45, 2.75) is 38.5 Å². The van der Waals surface area contributed by atoms with Crippen LogP contribution in [0.2, 0.25) is 0 Å². The molecular formula is C73H50N4O. The van der Waals surface area contributed by atoms with Crippen molar-refractivity contribution >= 4 is 76.5 Å². The number of para-hydroxylation sites is 4. The number of aromatic nitrogens is 4. The summed E-state index contributed by atoms with van der Waals surface area (Å²) < 4.78 is 13.8. The van der Waals surface area contributed by atoms with Crippen LogP contribution >= 0.6 is 0 Å². The molecule has 0 fully saturated rings. The Bertz CT molecular complexity index is 5070. The van der Waals surface area contributed by atoms with Gasteiger partial charge in [-0.25, -0.2) is 4.98 Å². The Morgan fingerprint density at radius 3 is 1.67 bits per heavy atom. The van der Waals surface area contributed by atoms with Crippen molar-refractivity contribution in [2.24, 2.45) is 0 Å². The van der Waals surface area contributed by atoms with Gasteiger partial charge in [-0.05, 0) is 129 Å². The van der Waals surface area contributed by atoms with Crippen LogP contribution in [0.15, 0.2) is 235 Å². The van der Waals surface area contributed by atoms with Crippen molar-refractivity contribution in [3.05, 3.63) is 253 Å². The second-order valence-corrected chi connectivity index (χ2v) is 22.7. The Morgan fingerprint density at radius 1 is 0.359 bits per heavy atom. The molecule has 0 atom stereocenters. The predicted octanol–water partition coefficient (Wildman–Crippen LogP) is 19.1. The molecule has 0 radical (unpaired) electrons. The van der Waals surface area contributed by atoms with Crippen LogP contribution in [0, 0.1) is 0 Å². The van der Waals surface area contributed by atoms with E-state index in [0.29, 0.717) is 0 Å². The molecule has 0 saturated carbocycles. The van der Waals surface area contributed by atoms with Gasteiger partial charge in [-0.15, -0.1) is 0 Å². The number of nitrogens with zero attached hydrogens (tertiary/aromatic N) is 4. The third kappa shape index (κ3) is 5.72. The first-order chi connectivity index (χ1) is 38.2. The van der Waals surface area contributed by atoms with Crippen molar-refractivity contribution in [3.8, 4) is 61.8 Å². The number of hydrogen-bond donors (Lipinski definition) is 0. The zero-order valence-electron chi connectivity index (χ0n) is 43.6. The largest absolute Gasteiger partial charge is 0.455 e. The highest BCUT2D eigenvalue weighted by molar-refractivity contribution is 6.15. The maximum atomic E-state index is 6.48. The summed E-state index contributed by atoms with van der Waals surface area (Å²) in [6, 6.07) is 82.7. The molecule has 0 aliphatic heterocycles. The van der Waals surface area contributed by atoms with Crippen LogP contribution in [-0.2, 0) is 10.8 Å². The van der Waals surface area contributed by atoms with Crippen LogP contribution < -0.4 is 0 Å². The van der Waals surface area contributed by atoms with Gasteiger partial charge in [0.25, 0.3) is 0 Å². The van der Waals surface area contributed by atoms with Gasteiger partial charge >= 0.3 is 0 Å². The number of hydrogen-bond acceptors (Lipinski definition) is 2. The second kappa shape index (κ2) is 15.5. The number of pyridine rings is 1. The first-order valence-electron chi connectivity index (χ1n) is 27.2. The quantitative estimate of drug-likeness (QED) is 0.172. The third-order valence-corrected chi connectivity index (χ3v) is 17.9. The molecule has 5 heterocycles. The molecule has 0 bridgehead atoms. The molecule has 17 rings (SSSR count). The number of fused-ring (bicyclic) bond motifs is 17. The van der Waals surface area contributed by atoms with Crippen molar-refractivity contribution in [1.82, 2.24) is 18.7 Å². The molecule has 0 saturated heterocycles. The number of furan rings is 1. The molecule has 15 aromatic rings. The van der Waals surface area contributed by atoms with Crippen molar-refractivity contribution in [1.29, 1.82) is 0 Å². The zero-order chi connectivity index (χ0) is 51.8. The normalized spacial score (nSPS) is 14.1. The van der Waals surface area contributed by atoms with E-state index in [0.717, 1.165) is 55.8 Å². The summed E-state index contributed by atoms with van der Waals surface area (Å²) in [7, 11) is 0. The minimum Gasteiger partial charge on any atom is -0.455 e. The van der Waals surface area contributed by atoms with Gasteiger partial charge in [-0.1, -0.05) is 167 Å². The highest BCUT2D eigenvalue weighted by atomic mass is 16.3. The smallest absolute Gasteiger partial charge is 0.143 e. The fourth-order valence-corrected chi connectivity index (χ4v) is 14.3. The molecule has 0 amide bonds. The SMILES string of the molecule is CC1(C)c2ccccc2-c2cc3c4ccccc4n(-c4ccc(-n5c6ccccc6c6cc(-c7cccc8c7c7c(n8-c8ccc(-c9cccc%10c9oc9ccccc9%10)cn8)-c8ccccc8C7(C)C)ccc65)cc4)c3cc21. The van der Waals surface area contributed by atoms with Gasteiger partial charge in [0.05, 0.1) is 33.3 Å². The molecule has 0 spiro atoms. The molecule has 0 N–H and O–H groups in total. The van der Waals surface area contributed by atoms with E-state index < -0.39 is 0 Å². The van der Waals surface area contributed by atoms with E-state index in [1.165, 1.54) is 105 Å². The van der Waals surface area contributed by atoms with Crippen molar-refractivity contribution < 1.29 is 4.42 Å². The molecule has 5 heteroatoms. The Morgan fingerprint density at radius 2 is 0.923 bits per heavy atom. The van der Waals surface area contributed by atoms with Crippen LogP contribution in [0.4, 0.5) is 0 Å². The van der Waals surface area contributed by atoms with Crippen LogP contribution in [0.1, 0.15) is 49.9 Å². The van der Waals surface area contributed by atoms with Gasteiger partial charge in [0.15, 0.2) is 0 Å². The fourth-order valence-electron chi connectivity index (χ4n) is 14.3. The maximum absolute atomic E-state index is 6.48. The molecule has 5 nitrogen and oxygen atoms in total. The lowest BCUT2D eigenvalue weighted by molar-refractivity contribution is 0.661. The van der Waals surface area contributed by atoms with E-state index in [4.69, 9.17) is 9.40 Å². The number of benzene rings is 10. The minimum absolute atomic E-state index is 0.0959. The van der Waals surface area contributed by atoms with E-state index in [1.807, 2.05) is 18.3 Å². The fraction of sp³-hybridized carbons (Fsp3) is 0.0822. The molecule has 5 aromatic heterocycles. The molecular weight excluding hydrogens is 949 g/mol. The Labute approximate surface area is 450 Å². The Hall–Kier alpha value is -9.71. The van der Waals surface area contributed by atoms with Crippen LogP contribution in [0.25, 0.3) is 138 Å². The first kappa shape index (κ1) is 43.5. The van der Waals surface area contributed by atoms with E-state index in [2.05, 4.69) is 254 Å². The molecule has 78 heavy (non-hydrogen) atoms. The van der Waals surface area contributed by atoms with Gasteiger partial charge in [0.1, 0.15) is 17.0 Å². The molecule has 2 aliphatic carbocycles. The monoisotopic (exact) mass is 998 g/mol. The maximum Gasteiger partial charge on any atom is 0.143 e. The van der Waals surface area contributed by atoms with Crippen LogP contribution in [0.3, 0.4) is 0 Å². The van der Waals surface area contributed by atoms with E-state index in [1.54, 1.807) is 0 Å². The summed E-state index contributed by atoms with van der Waals surface area (Å²) in [5, 5.41) is 8.49. The third-order valence-electron chi connectivity index (χ3n) is 17.9. The first-order valence-corrected chi connectivity index (χ1v) is 27.2. The highest BCUT2D eigenvalue weighted by Crippen LogP contribution is 2.56. The Balaban J connectivity index is 0.801. The molecule has 368 valence electrons. The highest BCUT2D eigenvalue weighted by Gasteiger charge is 2.42. The summed E-state index contributed by atoms with van der Waals surface area (Å²) in [6.07, 6.45) is 2.01. The summed E-state index contributed by atoms with van der Waals surface area (Å²) in [4.78, 5) is 5.30. The van der Waals surface area contributed by atoms with Crippen molar-refractivity contribution in [3.63, 3.8) is 0 Å². The second-order valence-electron chi connectivity index (χ2n) is 22.7. The molecule has 0 unspecified atom stereocenters. The van der Waals surface area contributed by atoms with Crippen molar-refractivity contribution in [2.75, 3.05) is 0 Å². The van der Waals surface area contributed by atoms with Gasteiger partial charge in [-0.3, -0.25) is 4.57 Å². The summed E-state index contributed by atoms with van der Waals surface area (Å²) in [6.45, 7) is 9.51.